The van der Waals surface area contributed by atoms with E-state index in [-0.39, 0.29) is 5.41 Å². The van der Waals surface area contributed by atoms with Gasteiger partial charge in [-0.2, -0.15) is 0 Å². The number of halogens is 2. The van der Waals surface area contributed by atoms with Crippen molar-refractivity contribution in [2.45, 2.75) is 46.6 Å². The molecule has 0 spiro atoms. The lowest BCUT2D eigenvalue weighted by molar-refractivity contribution is 0.233. The van der Waals surface area contributed by atoms with Crippen molar-refractivity contribution < 1.29 is 0 Å². The van der Waals surface area contributed by atoms with E-state index in [1.807, 2.05) is 6.07 Å². The van der Waals surface area contributed by atoms with E-state index in [0.29, 0.717) is 6.04 Å². The van der Waals surface area contributed by atoms with Crippen LogP contribution in [0.15, 0.2) is 22.7 Å². The maximum atomic E-state index is 6.31. The van der Waals surface area contributed by atoms with E-state index < -0.39 is 0 Å². The van der Waals surface area contributed by atoms with Crippen LogP contribution in [0, 0.1) is 5.41 Å². The summed E-state index contributed by atoms with van der Waals surface area (Å²) in [6, 6.07) is 6.59. The Bertz CT molecular complexity index is 390. The number of benzene rings is 1. The zero-order valence-electron chi connectivity index (χ0n) is 11.7. The largest absolute Gasteiger partial charge is 0.313 e. The molecule has 0 fully saturated rings. The molecule has 0 saturated carbocycles. The fourth-order valence-corrected chi connectivity index (χ4v) is 2.78. The smallest absolute Gasteiger partial charge is 0.0449 e. The number of rotatable bonds is 6. The van der Waals surface area contributed by atoms with Crippen LogP contribution in [0.1, 0.15) is 39.7 Å². The monoisotopic (exact) mass is 331 g/mol. The van der Waals surface area contributed by atoms with Gasteiger partial charge in [-0.05, 0) is 42.5 Å². The van der Waals surface area contributed by atoms with E-state index >= 15 is 0 Å². The summed E-state index contributed by atoms with van der Waals surface area (Å²) in [5.74, 6) is 0. The Labute approximate surface area is 124 Å². The fourth-order valence-electron chi connectivity index (χ4n) is 2.02. The molecule has 18 heavy (non-hydrogen) atoms. The van der Waals surface area contributed by atoms with Gasteiger partial charge in [0.25, 0.3) is 0 Å². The molecule has 1 aromatic rings. The summed E-state index contributed by atoms with van der Waals surface area (Å²) < 4.78 is 1.03. The summed E-state index contributed by atoms with van der Waals surface area (Å²) in [5, 5.41) is 4.44. The molecule has 0 amide bonds. The molecule has 1 nitrogen and oxygen atoms in total. The molecule has 1 N–H and O–H groups in total. The number of hydrogen-bond donors (Lipinski definition) is 1. The average molecular weight is 333 g/mol. The average Bonchev–Trinajstić information content (AvgIpc) is 2.31. The minimum absolute atomic E-state index is 0.270. The minimum atomic E-state index is 0.270. The molecule has 0 saturated heterocycles. The van der Waals surface area contributed by atoms with Crippen LogP contribution in [0.3, 0.4) is 0 Å². The van der Waals surface area contributed by atoms with Crippen molar-refractivity contribution in [3.63, 3.8) is 0 Å². The van der Waals surface area contributed by atoms with Gasteiger partial charge in [0.05, 0.1) is 0 Å². The van der Waals surface area contributed by atoms with Crippen molar-refractivity contribution in [2.75, 3.05) is 6.54 Å². The minimum Gasteiger partial charge on any atom is -0.313 e. The van der Waals surface area contributed by atoms with Gasteiger partial charge in [0, 0.05) is 15.5 Å². The number of hydrogen-bond acceptors (Lipinski definition) is 1. The van der Waals surface area contributed by atoms with Crippen molar-refractivity contribution in [3.05, 3.63) is 33.3 Å². The second-order valence-corrected chi connectivity index (χ2v) is 6.72. The highest BCUT2D eigenvalue weighted by atomic mass is 79.9. The van der Waals surface area contributed by atoms with Gasteiger partial charge in [0.2, 0.25) is 0 Å². The second-order valence-electron chi connectivity index (χ2n) is 5.39. The van der Waals surface area contributed by atoms with Crippen molar-refractivity contribution in [2.24, 2.45) is 5.41 Å². The molecule has 0 heterocycles. The Balaban J connectivity index is 2.89. The van der Waals surface area contributed by atoms with Gasteiger partial charge in [-0.25, -0.2) is 0 Å². The summed E-state index contributed by atoms with van der Waals surface area (Å²) in [5.41, 5.74) is 1.49. The third-order valence-corrected chi connectivity index (χ3v) is 4.59. The lowest BCUT2D eigenvalue weighted by Crippen LogP contribution is -2.43. The van der Waals surface area contributed by atoms with Crippen molar-refractivity contribution in [3.8, 4) is 0 Å². The predicted octanol–water partition coefficient (Wildman–Crippen LogP) is 5.06. The molecule has 0 aliphatic carbocycles. The lowest BCUT2D eigenvalue weighted by Gasteiger charge is -2.34. The van der Waals surface area contributed by atoms with E-state index in [2.05, 4.69) is 61.1 Å². The van der Waals surface area contributed by atoms with Gasteiger partial charge in [-0.15, -0.1) is 0 Å². The van der Waals surface area contributed by atoms with Gasteiger partial charge < -0.3 is 5.32 Å². The molecule has 0 aliphatic heterocycles. The van der Waals surface area contributed by atoms with E-state index in [1.54, 1.807) is 0 Å². The molecule has 1 unspecified atom stereocenters. The number of likely N-dealkylation sites (N-methyl/N-ethyl adjacent to an activating group) is 1. The molecule has 3 heteroatoms. The van der Waals surface area contributed by atoms with E-state index in [9.17, 15) is 0 Å². The van der Waals surface area contributed by atoms with E-state index in [4.69, 9.17) is 11.6 Å². The van der Waals surface area contributed by atoms with Gasteiger partial charge >= 0.3 is 0 Å². The standard InChI is InChI=1S/C15H23BrClN/c1-5-15(3,4)14(18-6-2)9-11-7-8-12(16)10-13(11)17/h7-8,10,14,18H,5-6,9H2,1-4H3. The van der Waals surface area contributed by atoms with Crippen molar-refractivity contribution >= 4 is 27.5 Å². The highest BCUT2D eigenvalue weighted by molar-refractivity contribution is 9.10. The zero-order chi connectivity index (χ0) is 13.8. The maximum Gasteiger partial charge on any atom is 0.0449 e. The Morgan fingerprint density at radius 2 is 2.00 bits per heavy atom. The Kier molecular flexibility index (Phi) is 6.16. The summed E-state index contributed by atoms with van der Waals surface area (Å²) in [6.07, 6.45) is 2.12. The molecule has 1 atom stereocenters. The fraction of sp³-hybridized carbons (Fsp3) is 0.600. The second kappa shape index (κ2) is 6.93. The quantitative estimate of drug-likeness (QED) is 0.768. The third kappa shape index (κ3) is 4.25. The molecule has 102 valence electrons. The first-order valence-corrected chi connectivity index (χ1v) is 7.75. The molecule has 0 aromatic heterocycles. The van der Waals surface area contributed by atoms with Crippen LogP contribution < -0.4 is 5.32 Å². The maximum absolute atomic E-state index is 6.31. The lowest BCUT2D eigenvalue weighted by atomic mass is 9.79. The van der Waals surface area contributed by atoms with Crippen molar-refractivity contribution in [1.82, 2.24) is 5.32 Å². The third-order valence-electron chi connectivity index (χ3n) is 3.74. The molecular weight excluding hydrogens is 310 g/mol. The Hall–Kier alpha value is -0.0500. The van der Waals surface area contributed by atoms with Crippen LogP contribution in [0.4, 0.5) is 0 Å². The summed E-state index contributed by atoms with van der Waals surface area (Å²) >= 11 is 9.76. The topological polar surface area (TPSA) is 12.0 Å². The first-order chi connectivity index (χ1) is 8.40. The highest BCUT2D eigenvalue weighted by Gasteiger charge is 2.27. The first kappa shape index (κ1) is 16.0. The van der Waals surface area contributed by atoms with Gasteiger partial charge in [0.1, 0.15) is 0 Å². The Morgan fingerprint density at radius 3 is 2.50 bits per heavy atom. The van der Waals surface area contributed by atoms with Crippen LogP contribution >= 0.6 is 27.5 Å². The van der Waals surface area contributed by atoms with Crippen LogP contribution in [0.25, 0.3) is 0 Å². The highest BCUT2D eigenvalue weighted by Crippen LogP contribution is 2.30. The normalized spacial score (nSPS) is 13.7. The SMILES string of the molecule is CCNC(Cc1ccc(Br)cc1Cl)C(C)(C)CC. The zero-order valence-corrected chi connectivity index (χ0v) is 14.0. The van der Waals surface area contributed by atoms with Crippen LogP contribution in [0.5, 0.6) is 0 Å². The van der Waals surface area contributed by atoms with Crippen molar-refractivity contribution in [1.29, 1.82) is 0 Å². The van der Waals surface area contributed by atoms with Gasteiger partial charge in [-0.1, -0.05) is 61.3 Å². The predicted molar refractivity (Wildman–Crippen MR) is 84.4 cm³/mol. The van der Waals surface area contributed by atoms with Crippen LogP contribution in [0.2, 0.25) is 5.02 Å². The molecular formula is C15H23BrClN. The van der Waals surface area contributed by atoms with Gasteiger partial charge in [-0.3, -0.25) is 0 Å². The summed E-state index contributed by atoms with van der Waals surface area (Å²) in [6.45, 7) is 10.0. The van der Waals surface area contributed by atoms with Crippen LogP contribution in [-0.2, 0) is 6.42 Å². The summed E-state index contributed by atoms with van der Waals surface area (Å²) in [4.78, 5) is 0. The van der Waals surface area contributed by atoms with E-state index in [1.165, 1.54) is 5.56 Å². The molecule has 0 radical (unpaired) electrons. The molecule has 0 bridgehead atoms. The molecule has 1 aromatic carbocycles. The van der Waals surface area contributed by atoms with Crippen LogP contribution in [-0.4, -0.2) is 12.6 Å². The Morgan fingerprint density at radius 1 is 1.33 bits per heavy atom. The van der Waals surface area contributed by atoms with Gasteiger partial charge in [0.15, 0.2) is 0 Å². The molecule has 0 aliphatic rings. The van der Waals surface area contributed by atoms with E-state index in [0.717, 1.165) is 28.9 Å². The summed E-state index contributed by atoms with van der Waals surface area (Å²) in [7, 11) is 0. The molecule has 1 rings (SSSR count). The number of nitrogens with one attached hydrogen (secondary N) is 1. The first-order valence-electron chi connectivity index (χ1n) is 6.58.